The summed E-state index contributed by atoms with van der Waals surface area (Å²) in [5.74, 6) is 1.08. The Morgan fingerprint density at radius 3 is 3.05 bits per heavy atom. The number of amides is 1. The Morgan fingerprint density at radius 1 is 1.55 bits per heavy atom. The molecule has 1 atom stereocenters. The molecule has 2 heterocycles. The minimum atomic E-state index is 0.0413. The van der Waals surface area contributed by atoms with Crippen LogP contribution in [0, 0.1) is 0 Å². The second-order valence-corrected chi connectivity index (χ2v) is 5.65. The average molecular weight is 276 g/mol. The maximum absolute atomic E-state index is 11.1. The highest BCUT2D eigenvalue weighted by molar-refractivity contribution is 5.73. The van der Waals surface area contributed by atoms with Gasteiger partial charge in [0, 0.05) is 50.4 Å². The molecule has 1 unspecified atom stereocenters. The monoisotopic (exact) mass is 276 g/mol. The number of carbonyl (C=O) groups is 1. The average Bonchev–Trinajstić information content (AvgIpc) is 2.84. The smallest absolute Gasteiger partial charge is 0.217 e. The summed E-state index contributed by atoms with van der Waals surface area (Å²) in [7, 11) is 0. The van der Waals surface area contributed by atoms with Gasteiger partial charge in [0.05, 0.1) is 0 Å². The third-order valence-corrected chi connectivity index (χ3v) is 3.46. The van der Waals surface area contributed by atoms with Crippen molar-refractivity contribution in [2.45, 2.75) is 45.8 Å². The summed E-state index contributed by atoms with van der Waals surface area (Å²) in [6.07, 6.45) is 2.81. The number of carbonyl (C=O) groups excluding carboxylic acids is 1. The molecule has 5 nitrogen and oxygen atoms in total. The fourth-order valence-electron chi connectivity index (χ4n) is 2.52. The minimum Gasteiger partial charge on any atom is -0.354 e. The van der Waals surface area contributed by atoms with E-state index < -0.39 is 0 Å². The second-order valence-electron chi connectivity index (χ2n) is 5.65. The zero-order valence-electron chi connectivity index (χ0n) is 12.5. The van der Waals surface area contributed by atoms with E-state index in [-0.39, 0.29) is 11.9 Å². The quantitative estimate of drug-likeness (QED) is 0.851. The number of anilines is 1. The van der Waals surface area contributed by atoms with E-state index in [0.717, 1.165) is 31.9 Å². The first-order valence-corrected chi connectivity index (χ1v) is 7.25. The van der Waals surface area contributed by atoms with Gasteiger partial charge < -0.3 is 15.5 Å². The number of nitrogens with one attached hydrogen (secondary N) is 2. The molecule has 1 saturated heterocycles. The first kappa shape index (κ1) is 14.8. The molecule has 1 aliphatic rings. The number of rotatable bonds is 5. The van der Waals surface area contributed by atoms with Gasteiger partial charge in [0.15, 0.2) is 0 Å². The van der Waals surface area contributed by atoms with Gasteiger partial charge in [0.1, 0.15) is 5.82 Å². The van der Waals surface area contributed by atoms with Crippen molar-refractivity contribution in [3.63, 3.8) is 0 Å². The lowest BCUT2D eigenvalue weighted by molar-refractivity contribution is -0.119. The summed E-state index contributed by atoms with van der Waals surface area (Å²) in [5, 5.41) is 6.42. The molecule has 1 aromatic rings. The van der Waals surface area contributed by atoms with Crippen molar-refractivity contribution in [1.29, 1.82) is 0 Å². The molecule has 0 spiro atoms. The molecule has 1 amide bonds. The Labute approximate surface area is 120 Å². The van der Waals surface area contributed by atoms with Crippen LogP contribution in [0.4, 0.5) is 5.82 Å². The standard InChI is InChI=1S/C15H24N4O/c1-11(2)17-9-13-5-4-7-16-15(13)19-8-6-14(10-19)18-12(3)20/h4-5,7,11,14,17H,6,8-10H2,1-3H3,(H,18,20). The number of hydrogen-bond acceptors (Lipinski definition) is 4. The summed E-state index contributed by atoms with van der Waals surface area (Å²) in [6.45, 7) is 8.45. The topological polar surface area (TPSA) is 57.3 Å². The van der Waals surface area contributed by atoms with Gasteiger partial charge in [-0.05, 0) is 12.5 Å². The molecule has 1 aliphatic heterocycles. The van der Waals surface area contributed by atoms with Crippen LogP contribution in [0.5, 0.6) is 0 Å². The first-order valence-electron chi connectivity index (χ1n) is 7.25. The van der Waals surface area contributed by atoms with Crippen LogP contribution in [0.15, 0.2) is 18.3 Å². The van der Waals surface area contributed by atoms with E-state index in [1.165, 1.54) is 5.56 Å². The van der Waals surface area contributed by atoms with Crippen LogP contribution in [0.3, 0.4) is 0 Å². The molecular weight excluding hydrogens is 252 g/mol. The van der Waals surface area contributed by atoms with Gasteiger partial charge in [0.2, 0.25) is 5.91 Å². The van der Waals surface area contributed by atoms with Gasteiger partial charge in [0.25, 0.3) is 0 Å². The van der Waals surface area contributed by atoms with Crippen LogP contribution in [0.25, 0.3) is 0 Å². The molecule has 0 saturated carbocycles. The van der Waals surface area contributed by atoms with Gasteiger partial charge in [-0.3, -0.25) is 4.79 Å². The van der Waals surface area contributed by atoms with Crippen molar-refractivity contribution in [3.8, 4) is 0 Å². The van der Waals surface area contributed by atoms with Crippen molar-refractivity contribution in [2.24, 2.45) is 0 Å². The van der Waals surface area contributed by atoms with Crippen molar-refractivity contribution in [1.82, 2.24) is 15.6 Å². The first-order chi connectivity index (χ1) is 9.56. The van der Waals surface area contributed by atoms with Crippen LogP contribution < -0.4 is 15.5 Å². The maximum atomic E-state index is 11.1. The van der Waals surface area contributed by atoms with Crippen LogP contribution in [-0.2, 0) is 11.3 Å². The zero-order chi connectivity index (χ0) is 14.5. The van der Waals surface area contributed by atoms with E-state index in [2.05, 4.69) is 40.4 Å². The van der Waals surface area contributed by atoms with E-state index in [9.17, 15) is 4.79 Å². The summed E-state index contributed by atoms with van der Waals surface area (Å²) >= 11 is 0. The molecule has 0 bridgehead atoms. The van der Waals surface area contributed by atoms with Crippen LogP contribution in [0.2, 0.25) is 0 Å². The van der Waals surface area contributed by atoms with Gasteiger partial charge in [-0.2, -0.15) is 0 Å². The second kappa shape index (κ2) is 6.70. The number of aromatic nitrogens is 1. The Balaban J connectivity index is 2.03. The Kier molecular flexibility index (Phi) is 4.95. The summed E-state index contributed by atoms with van der Waals surface area (Å²) in [5.41, 5.74) is 1.21. The molecule has 20 heavy (non-hydrogen) atoms. The molecule has 0 radical (unpaired) electrons. The van der Waals surface area contributed by atoms with Gasteiger partial charge >= 0.3 is 0 Å². The lowest BCUT2D eigenvalue weighted by atomic mass is 10.2. The van der Waals surface area contributed by atoms with E-state index in [0.29, 0.717) is 6.04 Å². The predicted octanol–water partition coefficient (Wildman–Crippen LogP) is 1.29. The fourth-order valence-corrected chi connectivity index (χ4v) is 2.52. The summed E-state index contributed by atoms with van der Waals surface area (Å²) in [4.78, 5) is 17.9. The Bertz CT molecular complexity index is 461. The van der Waals surface area contributed by atoms with E-state index in [1.807, 2.05) is 12.3 Å². The molecule has 0 aliphatic carbocycles. The zero-order valence-corrected chi connectivity index (χ0v) is 12.5. The fraction of sp³-hybridized carbons (Fsp3) is 0.600. The van der Waals surface area contributed by atoms with Crippen molar-refractivity contribution < 1.29 is 4.79 Å². The molecule has 5 heteroatoms. The molecular formula is C15H24N4O. The SMILES string of the molecule is CC(=O)NC1CCN(c2ncccc2CNC(C)C)C1. The highest BCUT2D eigenvalue weighted by Crippen LogP contribution is 2.22. The van der Waals surface area contributed by atoms with Crippen molar-refractivity contribution in [3.05, 3.63) is 23.9 Å². The predicted molar refractivity (Wildman–Crippen MR) is 80.6 cm³/mol. The van der Waals surface area contributed by atoms with Crippen LogP contribution in [0.1, 0.15) is 32.8 Å². The molecule has 0 aromatic carbocycles. The number of pyridine rings is 1. The number of nitrogens with zero attached hydrogens (tertiary/aromatic N) is 2. The molecule has 2 rings (SSSR count). The van der Waals surface area contributed by atoms with Gasteiger partial charge in [-0.25, -0.2) is 4.98 Å². The lowest BCUT2D eigenvalue weighted by Gasteiger charge is -2.21. The van der Waals surface area contributed by atoms with Crippen molar-refractivity contribution in [2.75, 3.05) is 18.0 Å². The van der Waals surface area contributed by atoms with Crippen LogP contribution in [-0.4, -0.2) is 36.1 Å². The molecule has 1 aromatic heterocycles. The van der Waals surface area contributed by atoms with Crippen LogP contribution >= 0.6 is 0 Å². The Morgan fingerprint density at radius 2 is 2.35 bits per heavy atom. The molecule has 110 valence electrons. The van der Waals surface area contributed by atoms with Gasteiger partial charge in [-0.1, -0.05) is 19.9 Å². The summed E-state index contributed by atoms with van der Waals surface area (Å²) in [6, 6.07) is 4.78. The highest BCUT2D eigenvalue weighted by atomic mass is 16.1. The molecule has 2 N–H and O–H groups in total. The normalized spacial score (nSPS) is 18.6. The number of hydrogen-bond donors (Lipinski definition) is 2. The Hall–Kier alpha value is -1.62. The summed E-state index contributed by atoms with van der Waals surface area (Å²) < 4.78 is 0. The highest BCUT2D eigenvalue weighted by Gasteiger charge is 2.25. The largest absolute Gasteiger partial charge is 0.354 e. The third kappa shape index (κ3) is 3.93. The maximum Gasteiger partial charge on any atom is 0.217 e. The van der Waals surface area contributed by atoms with Crippen molar-refractivity contribution >= 4 is 11.7 Å². The third-order valence-electron chi connectivity index (χ3n) is 3.46. The van der Waals surface area contributed by atoms with E-state index in [1.54, 1.807) is 6.92 Å². The van der Waals surface area contributed by atoms with E-state index >= 15 is 0 Å². The minimum absolute atomic E-state index is 0.0413. The van der Waals surface area contributed by atoms with Gasteiger partial charge in [-0.15, -0.1) is 0 Å². The molecule has 1 fully saturated rings. The lowest BCUT2D eigenvalue weighted by Crippen LogP contribution is -2.36. The van der Waals surface area contributed by atoms with E-state index in [4.69, 9.17) is 0 Å².